The molecule has 2 fully saturated rings. The highest BCUT2D eigenvalue weighted by Crippen LogP contribution is 2.26. The van der Waals surface area contributed by atoms with E-state index in [1.54, 1.807) is 4.90 Å². The summed E-state index contributed by atoms with van der Waals surface area (Å²) in [5.41, 5.74) is 0. The Morgan fingerprint density at radius 3 is 2.50 bits per heavy atom. The standard InChI is InChI=1S/C13H22N2O5/c1-14(2)6-8-5-9(16)7-15(8)12(17)10-3-4-11(20-10)13(18)19/h8-11,16H,3-7H2,1-2H3,(H,18,19). The molecule has 7 nitrogen and oxygen atoms in total. The third-order valence-electron chi connectivity index (χ3n) is 3.82. The Labute approximate surface area is 118 Å². The molecule has 2 rings (SSSR count). The second kappa shape index (κ2) is 6.07. The van der Waals surface area contributed by atoms with Gasteiger partial charge in [-0.15, -0.1) is 0 Å². The van der Waals surface area contributed by atoms with Gasteiger partial charge in [-0.25, -0.2) is 4.79 Å². The summed E-state index contributed by atoms with van der Waals surface area (Å²) in [7, 11) is 3.83. The van der Waals surface area contributed by atoms with Gasteiger partial charge in [0, 0.05) is 19.1 Å². The summed E-state index contributed by atoms with van der Waals surface area (Å²) in [6.07, 6.45) is -0.744. The highest BCUT2D eigenvalue weighted by molar-refractivity contribution is 5.83. The van der Waals surface area contributed by atoms with Crippen LogP contribution in [0.25, 0.3) is 0 Å². The van der Waals surface area contributed by atoms with Crippen LogP contribution in [0.5, 0.6) is 0 Å². The number of ether oxygens (including phenoxy) is 1. The van der Waals surface area contributed by atoms with E-state index in [4.69, 9.17) is 9.84 Å². The fourth-order valence-electron chi connectivity index (χ4n) is 2.94. The van der Waals surface area contributed by atoms with Gasteiger partial charge in [-0.3, -0.25) is 4.79 Å². The second-order valence-corrected chi connectivity index (χ2v) is 5.83. The topological polar surface area (TPSA) is 90.3 Å². The van der Waals surface area contributed by atoms with Crippen molar-refractivity contribution in [2.24, 2.45) is 0 Å². The number of β-amino-alcohol motifs (C(OH)–C–C–N with tert-alkyl or cyclic N) is 1. The maximum Gasteiger partial charge on any atom is 0.332 e. The fraction of sp³-hybridized carbons (Fsp3) is 0.846. The predicted molar refractivity (Wildman–Crippen MR) is 70.2 cm³/mol. The molecule has 0 radical (unpaired) electrons. The van der Waals surface area contributed by atoms with Crippen LogP contribution in [0.1, 0.15) is 19.3 Å². The lowest BCUT2D eigenvalue weighted by Gasteiger charge is -2.28. The average Bonchev–Trinajstić information content (AvgIpc) is 2.94. The van der Waals surface area contributed by atoms with Crippen LogP contribution in [0.15, 0.2) is 0 Å². The number of carboxylic acids is 1. The zero-order valence-corrected chi connectivity index (χ0v) is 11.9. The highest BCUT2D eigenvalue weighted by atomic mass is 16.5. The zero-order valence-electron chi connectivity index (χ0n) is 11.9. The van der Waals surface area contributed by atoms with E-state index in [1.165, 1.54) is 0 Å². The van der Waals surface area contributed by atoms with Gasteiger partial charge in [-0.2, -0.15) is 0 Å². The number of rotatable bonds is 4. The van der Waals surface area contributed by atoms with E-state index in [-0.39, 0.29) is 11.9 Å². The Bertz CT molecular complexity index is 387. The summed E-state index contributed by atoms with van der Waals surface area (Å²) in [6.45, 7) is 0.979. The molecule has 0 aliphatic carbocycles. The SMILES string of the molecule is CN(C)CC1CC(O)CN1C(=O)C1CCC(C(=O)O)O1. The van der Waals surface area contributed by atoms with Crippen LogP contribution in [0.2, 0.25) is 0 Å². The van der Waals surface area contributed by atoms with E-state index >= 15 is 0 Å². The van der Waals surface area contributed by atoms with Crippen molar-refractivity contribution in [3.8, 4) is 0 Å². The van der Waals surface area contributed by atoms with E-state index in [0.29, 0.717) is 32.4 Å². The van der Waals surface area contributed by atoms with Gasteiger partial charge in [0.15, 0.2) is 6.10 Å². The van der Waals surface area contributed by atoms with Crippen LogP contribution in [0.3, 0.4) is 0 Å². The van der Waals surface area contributed by atoms with Gasteiger partial charge in [0.1, 0.15) is 6.10 Å². The summed E-state index contributed by atoms with van der Waals surface area (Å²) in [5, 5.41) is 18.7. The lowest BCUT2D eigenvalue weighted by molar-refractivity contribution is -0.155. The number of amides is 1. The maximum absolute atomic E-state index is 12.4. The molecule has 2 N–H and O–H groups in total. The normalized spacial score (nSPS) is 33.9. The Hall–Kier alpha value is -1.18. The molecule has 1 amide bonds. The van der Waals surface area contributed by atoms with Crippen molar-refractivity contribution < 1.29 is 24.5 Å². The van der Waals surface area contributed by atoms with Crippen molar-refractivity contribution in [3.63, 3.8) is 0 Å². The molecule has 2 heterocycles. The molecule has 0 saturated carbocycles. The molecule has 0 aromatic rings. The summed E-state index contributed by atoms with van der Waals surface area (Å²) in [4.78, 5) is 26.9. The van der Waals surface area contributed by atoms with Crippen LogP contribution in [0.4, 0.5) is 0 Å². The van der Waals surface area contributed by atoms with Crippen LogP contribution in [-0.4, -0.2) is 83.4 Å². The number of aliphatic carboxylic acids is 1. The molecule has 2 saturated heterocycles. The minimum atomic E-state index is -1.02. The van der Waals surface area contributed by atoms with Crippen LogP contribution in [0, 0.1) is 0 Å². The first kappa shape index (κ1) is 15.2. The number of carbonyl (C=O) groups is 2. The van der Waals surface area contributed by atoms with Crippen molar-refractivity contribution in [3.05, 3.63) is 0 Å². The number of hydrogen-bond acceptors (Lipinski definition) is 5. The Morgan fingerprint density at radius 2 is 1.95 bits per heavy atom. The number of carbonyl (C=O) groups excluding carboxylic acids is 1. The molecule has 114 valence electrons. The van der Waals surface area contributed by atoms with Crippen LogP contribution in [-0.2, 0) is 14.3 Å². The lowest BCUT2D eigenvalue weighted by Crippen LogP contribution is -2.46. The summed E-state index contributed by atoms with van der Waals surface area (Å²) >= 11 is 0. The average molecular weight is 286 g/mol. The summed E-state index contributed by atoms with van der Waals surface area (Å²) in [6, 6.07) is -0.0417. The molecule has 20 heavy (non-hydrogen) atoms. The number of aliphatic hydroxyl groups is 1. The van der Waals surface area contributed by atoms with Gasteiger partial charge in [-0.05, 0) is 33.4 Å². The smallest absolute Gasteiger partial charge is 0.332 e. The molecule has 2 aliphatic rings. The molecule has 0 aromatic heterocycles. The van der Waals surface area contributed by atoms with Crippen LogP contribution >= 0.6 is 0 Å². The number of likely N-dealkylation sites (N-methyl/N-ethyl adjacent to an activating group) is 1. The number of hydrogen-bond donors (Lipinski definition) is 2. The zero-order chi connectivity index (χ0) is 14.9. The van der Waals surface area contributed by atoms with Crippen molar-refractivity contribution in [2.45, 2.75) is 43.6 Å². The van der Waals surface area contributed by atoms with E-state index in [9.17, 15) is 14.7 Å². The predicted octanol–water partition coefficient (Wildman–Crippen LogP) is -0.858. The molecule has 7 heteroatoms. The third kappa shape index (κ3) is 3.28. The molecule has 4 atom stereocenters. The summed E-state index contributed by atoms with van der Waals surface area (Å²) in [5.74, 6) is -1.22. The van der Waals surface area contributed by atoms with E-state index in [2.05, 4.69) is 0 Å². The fourth-order valence-corrected chi connectivity index (χ4v) is 2.94. The van der Waals surface area contributed by atoms with Gasteiger partial charge in [0.05, 0.1) is 6.10 Å². The van der Waals surface area contributed by atoms with E-state index in [0.717, 1.165) is 0 Å². The van der Waals surface area contributed by atoms with Crippen molar-refractivity contribution in [2.75, 3.05) is 27.2 Å². The molecule has 0 bridgehead atoms. The molecule has 4 unspecified atom stereocenters. The molecule has 0 spiro atoms. The Kier molecular flexibility index (Phi) is 4.62. The number of nitrogens with zero attached hydrogens (tertiary/aromatic N) is 2. The van der Waals surface area contributed by atoms with Gasteiger partial charge < -0.3 is 24.7 Å². The quantitative estimate of drug-likeness (QED) is 0.699. The Balaban J connectivity index is 1.99. The lowest BCUT2D eigenvalue weighted by atomic mass is 10.1. The third-order valence-corrected chi connectivity index (χ3v) is 3.82. The first-order valence-electron chi connectivity index (χ1n) is 6.90. The molecular weight excluding hydrogens is 264 g/mol. The van der Waals surface area contributed by atoms with Crippen molar-refractivity contribution in [1.29, 1.82) is 0 Å². The Morgan fingerprint density at radius 1 is 1.30 bits per heavy atom. The highest BCUT2D eigenvalue weighted by Gasteiger charge is 2.41. The number of carboxylic acid groups (broad SMARTS) is 1. The molecule has 0 aromatic carbocycles. The number of aliphatic hydroxyl groups excluding tert-OH is 1. The first-order chi connectivity index (χ1) is 9.38. The minimum Gasteiger partial charge on any atom is -0.479 e. The van der Waals surface area contributed by atoms with Crippen molar-refractivity contribution >= 4 is 11.9 Å². The minimum absolute atomic E-state index is 0.0417. The second-order valence-electron chi connectivity index (χ2n) is 5.83. The van der Waals surface area contributed by atoms with Gasteiger partial charge in [0.2, 0.25) is 0 Å². The van der Waals surface area contributed by atoms with Crippen LogP contribution < -0.4 is 0 Å². The van der Waals surface area contributed by atoms with Gasteiger partial charge in [0.25, 0.3) is 5.91 Å². The largest absolute Gasteiger partial charge is 0.479 e. The first-order valence-corrected chi connectivity index (χ1v) is 6.90. The maximum atomic E-state index is 12.4. The summed E-state index contributed by atoms with van der Waals surface area (Å²) < 4.78 is 5.30. The van der Waals surface area contributed by atoms with E-state index in [1.807, 2.05) is 19.0 Å². The van der Waals surface area contributed by atoms with E-state index < -0.39 is 24.3 Å². The monoisotopic (exact) mass is 286 g/mol. The van der Waals surface area contributed by atoms with Gasteiger partial charge >= 0.3 is 5.97 Å². The molecular formula is C13H22N2O5. The number of likely N-dealkylation sites (tertiary alicyclic amines) is 1. The van der Waals surface area contributed by atoms with Crippen molar-refractivity contribution in [1.82, 2.24) is 9.80 Å². The van der Waals surface area contributed by atoms with Gasteiger partial charge in [-0.1, -0.05) is 0 Å². The molecule has 2 aliphatic heterocycles.